The van der Waals surface area contributed by atoms with Gasteiger partial charge in [-0.25, -0.2) is 0 Å². The molecule has 0 amide bonds. The van der Waals surface area contributed by atoms with E-state index in [0.29, 0.717) is 0 Å². The van der Waals surface area contributed by atoms with Crippen molar-refractivity contribution >= 4 is 17.2 Å². The Bertz CT molecular complexity index is 486. The third-order valence-electron chi connectivity index (χ3n) is 2.22. The van der Waals surface area contributed by atoms with Crippen molar-refractivity contribution < 1.29 is 0 Å². The second kappa shape index (κ2) is 3.87. The standard InChI is InChI=1S/C12H12N2S/c1-8-7-10(12(13)14)15-11(8)9-5-3-2-4-6-9/h2-7H,1H3,(H3,13,14). The van der Waals surface area contributed by atoms with Crippen molar-refractivity contribution in [1.82, 2.24) is 0 Å². The van der Waals surface area contributed by atoms with Crippen LogP contribution in [-0.2, 0) is 0 Å². The molecule has 2 nitrogen and oxygen atoms in total. The molecule has 0 radical (unpaired) electrons. The van der Waals surface area contributed by atoms with Crippen LogP contribution in [0, 0.1) is 12.3 Å². The van der Waals surface area contributed by atoms with E-state index in [1.807, 2.05) is 31.2 Å². The van der Waals surface area contributed by atoms with Crippen LogP contribution in [-0.4, -0.2) is 5.84 Å². The third-order valence-corrected chi connectivity index (χ3v) is 3.54. The first-order chi connectivity index (χ1) is 7.18. The minimum Gasteiger partial charge on any atom is -0.383 e. The van der Waals surface area contributed by atoms with Crippen LogP contribution in [0.25, 0.3) is 10.4 Å². The number of hydrogen-bond donors (Lipinski definition) is 2. The molecule has 0 saturated carbocycles. The first kappa shape index (κ1) is 9.93. The molecular weight excluding hydrogens is 204 g/mol. The van der Waals surface area contributed by atoms with Gasteiger partial charge in [0.25, 0.3) is 0 Å². The van der Waals surface area contributed by atoms with E-state index in [1.165, 1.54) is 16.0 Å². The second-order valence-corrected chi connectivity index (χ2v) is 4.45. The van der Waals surface area contributed by atoms with E-state index in [4.69, 9.17) is 11.1 Å². The Morgan fingerprint density at radius 1 is 1.27 bits per heavy atom. The van der Waals surface area contributed by atoms with Gasteiger partial charge in [-0.1, -0.05) is 30.3 Å². The second-order valence-electron chi connectivity index (χ2n) is 3.40. The topological polar surface area (TPSA) is 49.9 Å². The van der Waals surface area contributed by atoms with E-state index in [0.717, 1.165) is 4.88 Å². The molecule has 0 bridgehead atoms. The van der Waals surface area contributed by atoms with Crippen LogP contribution in [0.1, 0.15) is 10.4 Å². The van der Waals surface area contributed by atoms with Crippen molar-refractivity contribution in [3.63, 3.8) is 0 Å². The SMILES string of the molecule is Cc1cc(C(=N)N)sc1-c1ccccc1. The molecule has 1 aromatic carbocycles. The molecule has 2 aromatic rings. The van der Waals surface area contributed by atoms with Gasteiger partial charge >= 0.3 is 0 Å². The summed E-state index contributed by atoms with van der Waals surface area (Å²) in [4.78, 5) is 2.03. The molecule has 0 atom stereocenters. The van der Waals surface area contributed by atoms with Gasteiger partial charge in [-0.2, -0.15) is 0 Å². The molecule has 0 spiro atoms. The first-order valence-electron chi connectivity index (χ1n) is 4.68. The third kappa shape index (κ3) is 1.92. The van der Waals surface area contributed by atoms with Crippen LogP contribution in [0.2, 0.25) is 0 Å². The highest BCUT2D eigenvalue weighted by molar-refractivity contribution is 7.17. The summed E-state index contributed by atoms with van der Waals surface area (Å²) in [5.74, 6) is 0.144. The molecule has 3 heteroatoms. The van der Waals surface area contributed by atoms with E-state index in [1.54, 1.807) is 11.3 Å². The molecule has 3 N–H and O–H groups in total. The zero-order valence-electron chi connectivity index (χ0n) is 8.45. The fourth-order valence-corrected chi connectivity index (χ4v) is 2.53. The number of thiophene rings is 1. The minimum atomic E-state index is 0.144. The summed E-state index contributed by atoms with van der Waals surface area (Å²) in [5.41, 5.74) is 7.83. The number of aryl methyl sites for hydroxylation is 1. The van der Waals surface area contributed by atoms with Crippen molar-refractivity contribution in [3.8, 4) is 10.4 Å². The monoisotopic (exact) mass is 216 g/mol. The highest BCUT2D eigenvalue weighted by atomic mass is 32.1. The van der Waals surface area contributed by atoms with E-state index < -0.39 is 0 Å². The number of nitrogens with one attached hydrogen (secondary N) is 1. The largest absolute Gasteiger partial charge is 0.383 e. The first-order valence-corrected chi connectivity index (χ1v) is 5.50. The summed E-state index contributed by atoms with van der Waals surface area (Å²) in [6.45, 7) is 2.05. The maximum absolute atomic E-state index is 7.40. The normalized spacial score (nSPS) is 10.2. The van der Waals surface area contributed by atoms with E-state index in [2.05, 4.69) is 12.1 Å². The molecule has 0 aliphatic heterocycles. The van der Waals surface area contributed by atoms with Crippen LogP contribution in [0.5, 0.6) is 0 Å². The van der Waals surface area contributed by atoms with Crippen LogP contribution >= 0.6 is 11.3 Å². The Hall–Kier alpha value is -1.61. The van der Waals surface area contributed by atoms with Crippen molar-refractivity contribution in [3.05, 3.63) is 46.8 Å². The highest BCUT2D eigenvalue weighted by Gasteiger charge is 2.08. The Balaban J connectivity index is 2.50. The van der Waals surface area contributed by atoms with Crippen LogP contribution in [0.3, 0.4) is 0 Å². The molecule has 1 aromatic heterocycles. The van der Waals surface area contributed by atoms with Gasteiger partial charge in [-0.3, -0.25) is 5.41 Å². The van der Waals surface area contributed by atoms with Crippen molar-refractivity contribution in [2.75, 3.05) is 0 Å². The van der Waals surface area contributed by atoms with Gasteiger partial charge in [-0.15, -0.1) is 11.3 Å². The maximum Gasteiger partial charge on any atom is 0.133 e. The van der Waals surface area contributed by atoms with Crippen molar-refractivity contribution in [2.45, 2.75) is 6.92 Å². The minimum absolute atomic E-state index is 0.144. The molecule has 0 unspecified atom stereocenters. The number of nitrogens with two attached hydrogens (primary N) is 1. The molecular formula is C12H12N2S. The van der Waals surface area contributed by atoms with Crippen LogP contribution < -0.4 is 5.73 Å². The number of amidine groups is 1. The van der Waals surface area contributed by atoms with E-state index in [-0.39, 0.29) is 5.84 Å². The van der Waals surface area contributed by atoms with Gasteiger partial charge in [0, 0.05) is 4.88 Å². The Kier molecular flexibility index (Phi) is 2.56. The molecule has 0 saturated heterocycles. The van der Waals surface area contributed by atoms with Gasteiger partial charge in [0.1, 0.15) is 5.84 Å². The van der Waals surface area contributed by atoms with E-state index in [9.17, 15) is 0 Å². The fraction of sp³-hybridized carbons (Fsp3) is 0.0833. The number of rotatable bonds is 2. The predicted octanol–water partition coefficient (Wildman–Crippen LogP) is 3.01. The zero-order valence-corrected chi connectivity index (χ0v) is 9.27. The number of hydrogen-bond acceptors (Lipinski definition) is 2. The fourth-order valence-electron chi connectivity index (χ4n) is 1.49. The average Bonchev–Trinajstić information content (AvgIpc) is 2.62. The summed E-state index contributed by atoms with van der Waals surface area (Å²) < 4.78 is 0. The quantitative estimate of drug-likeness (QED) is 0.588. The van der Waals surface area contributed by atoms with Crippen LogP contribution in [0.4, 0.5) is 0 Å². The molecule has 1 heterocycles. The van der Waals surface area contributed by atoms with Crippen LogP contribution in [0.15, 0.2) is 36.4 Å². The summed E-state index contributed by atoms with van der Waals surface area (Å²) in [6.07, 6.45) is 0. The summed E-state index contributed by atoms with van der Waals surface area (Å²) >= 11 is 1.57. The van der Waals surface area contributed by atoms with Gasteiger partial charge in [-0.05, 0) is 24.1 Å². The number of benzene rings is 1. The van der Waals surface area contributed by atoms with Crippen molar-refractivity contribution in [1.29, 1.82) is 5.41 Å². The molecule has 0 fully saturated rings. The lowest BCUT2D eigenvalue weighted by molar-refractivity contribution is 1.44. The lowest BCUT2D eigenvalue weighted by atomic mass is 10.1. The maximum atomic E-state index is 7.40. The molecule has 15 heavy (non-hydrogen) atoms. The molecule has 2 rings (SSSR count). The summed E-state index contributed by atoms with van der Waals surface area (Å²) in [5, 5.41) is 7.40. The smallest absolute Gasteiger partial charge is 0.133 e. The molecule has 0 aliphatic carbocycles. The highest BCUT2D eigenvalue weighted by Crippen LogP contribution is 2.31. The van der Waals surface area contributed by atoms with Gasteiger partial charge in [0.15, 0.2) is 0 Å². The lowest BCUT2D eigenvalue weighted by Gasteiger charge is -1.97. The Morgan fingerprint density at radius 2 is 1.93 bits per heavy atom. The predicted molar refractivity (Wildman–Crippen MR) is 65.5 cm³/mol. The lowest BCUT2D eigenvalue weighted by Crippen LogP contribution is -2.08. The van der Waals surface area contributed by atoms with Gasteiger partial charge in [0.05, 0.1) is 4.88 Å². The van der Waals surface area contributed by atoms with Gasteiger partial charge in [0.2, 0.25) is 0 Å². The summed E-state index contributed by atoms with van der Waals surface area (Å²) in [7, 11) is 0. The molecule has 0 aliphatic rings. The Morgan fingerprint density at radius 3 is 2.47 bits per heavy atom. The average molecular weight is 216 g/mol. The number of nitrogen functional groups attached to an aromatic ring is 1. The molecule has 76 valence electrons. The Labute approximate surface area is 92.9 Å². The van der Waals surface area contributed by atoms with E-state index >= 15 is 0 Å². The summed E-state index contributed by atoms with van der Waals surface area (Å²) in [6, 6.07) is 12.1. The van der Waals surface area contributed by atoms with Gasteiger partial charge < -0.3 is 5.73 Å². The zero-order chi connectivity index (χ0) is 10.8. The van der Waals surface area contributed by atoms with Crippen molar-refractivity contribution in [2.24, 2.45) is 5.73 Å².